The minimum Gasteiger partial charge on any atom is -0.444 e. The van der Waals surface area contributed by atoms with Crippen molar-refractivity contribution >= 4 is 6.09 Å². The summed E-state index contributed by atoms with van der Waals surface area (Å²) in [5, 5.41) is 10.1. The number of rotatable bonds is 2. The molecule has 0 aromatic rings. The van der Waals surface area contributed by atoms with Crippen molar-refractivity contribution in [3.63, 3.8) is 0 Å². The first-order chi connectivity index (χ1) is 8.37. The van der Waals surface area contributed by atoms with Gasteiger partial charge in [0.15, 0.2) is 0 Å². The molecule has 4 nitrogen and oxygen atoms in total. The van der Waals surface area contributed by atoms with Gasteiger partial charge in [0.1, 0.15) is 5.60 Å². The van der Waals surface area contributed by atoms with E-state index in [4.69, 9.17) is 4.74 Å². The van der Waals surface area contributed by atoms with Crippen molar-refractivity contribution in [2.45, 2.75) is 45.3 Å². The van der Waals surface area contributed by atoms with Crippen molar-refractivity contribution in [2.75, 3.05) is 13.1 Å². The molecule has 4 heteroatoms. The quantitative estimate of drug-likeness (QED) is 0.817. The number of likely N-dealkylation sites (tertiary alicyclic amines) is 1. The van der Waals surface area contributed by atoms with Crippen molar-refractivity contribution < 1.29 is 14.6 Å². The molecule has 0 bridgehead atoms. The van der Waals surface area contributed by atoms with Crippen molar-refractivity contribution in [3.05, 3.63) is 0 Å². The molecule has 4 atom stereocenters. The average molecular weight is 253 g/mol. The molecule has 2 aliphatic carbocycles. The predicted octanol–water partition coefficient (Wildman–Crippen LogP) is 1.87. The molecule has 2 unspecified atom stereocenters. The Morgan fingerprint density at radius 3 is 2.28 bits per heavy atom. The fourth-order valence-corrected chi connectivity index (χ4v) is 3.31. The van der Waals surface area contributed by atoms with Gasteiger partial charge in [-0.1, -0.05) is 0 Å². The van der Waals surface area contributed by atoms with E-state index in [-0.39, 0.29) is 12.2 Å². The summed E-state index contributed by atoms with van der Waals surface area (Å²) in [7, 11) is 0. The summed E-state index contributed by atoms with van der Waals surface area (Å²) >= 11 is 0. The molecule has 18 heavy (non-hydrogen) atoms. The van der Waals surface area contributed by atoms with Crippen molar-refractivity contribution in [1.82, 2.24) is 4.90 Å². The molecule has 2 saturated carbocycles. The van der Waals surface area contributed by atoms with Crippen LogP contribution in [0.5, 0.6) is 0 Å². The maximum Gasteiger partial charge on any atom is 0.410 e. The molecule has 1 saturated heterocycles. The zero-order valence-electron chi connectivity index (χ0n) is 11.4. The van der Waals surface area contributed by atoms with Crippen molar-refractivity contribution in [3.8, 4) is 0 Å². The molecule has 0 spiro atoms. The number of aliphatic hydroxyl groups excluding tert-OH is 1. The lowest BCUT2D eigenvalue weighted by molar-refractivity contribution is 0.0235. The Labute approximate surface area is 108 Å². The Morgan fingerprint density at radius 2 is 1.83 bits per heavy atom. The highest BCUT2D eigenvalue weighted by Gasteiger charge is 2.61. The van der Waals surface area contributed by atoms with Crippen LogP contribution in [0.1, 0.15) is 33.6 Å². The fourth-order valence-electron chi connectivity index (χ4n) is 3.31. The number of hydrogen-bond acceptors (Lipinski definition) is 3. The van der Waals surface area contributed by atoms with Crippen molar-refractivity contribution in [1.29, 1.82) is 0 Å². The van der Waals surface area contributed by atoms with E-state index in [1.165, 1.54) is 12.8 Å². The van der Waals surface area contributed by atoms with E-state index < -0.39 is 5.60 Å². The van der Waals surface area contributed by atoms with Crippen LogP contribution in [-0.4, -0.2) is 40.9 Å². The van der Waals surface area contributed by atoms with Gasteiger partial charge in [-0.3, -0.25) is 0 Å². The van der Waals surface area contributed by atoms with Gasteiger partial charge >= 0.3 is 6.09 Å². The van der Waals surface area contributed by atoms with E-state index in [1.807, 2.05) is 20.8 Å². The number of carbonyl (C=O) groups excluding carboxylic acids is 1. The van der Waals surface area contributed by atoms with Gasteiger partial charge in [-0.2, -0.15) is 0 Å². The first kappa shape index (κ1) is 12.3. The Balaban J connectivity index is 1.49. The van der Waals surface area contributed by atoms with Gasteiger partial charge in [-0.25, -0.2) is 4.79 Å². The van der Waals surface area contributed by atoms with Crippen LogP contribution >= 0.6 is 0 Å². The molecule has 3 fully saturated rings. The number of fused-ring (bicyclic) bond motifs is 1. The lowest BCUT2D eigenvalue weighted by Gasteiger charge is -2.26. The number of piperidine rings is 1. The van der Waals surface area contributed by atoms with E-state index in [1.54, 1.807) is 4.90 Å². The molecule has 0 radical (unpaired) electrons. The second kappa shape index (κ2) is 3.86. The molecule has 1 aliphatic heterocycles. The van der Waals surface area contributed by atoms with Gasteiger partial charge in [0, 0.05) is 13.1 Å². The second-order valence-electron chi connectivity index (χ2n) is 7.12. The average Bonchev–Trinajstić information content (AvgIpc) is 3.14. The molecule has 3 rings (SSSR count). The molecule has 3 aliphatic rings. The predicted molar refractivity (Wildman–Crippen MR) is 67.0 cm³/mol. The maximum absolute atomic E-state index is 11.9. The number of hydrogen-bond donors (Lipinski definition) is 1. The lowest BCUT2D eigenvalue weighted by atomic mass is 10.1. The maximum atomic E-state index is 11.9. The van der Waals surface area contributed by atoms with Crippen LogP contribution < -0.4 is 0 Å². The van der Waals surface area contributed by atoms with E-state index in [9.17, 15) is 9.90 Å². The Hall–Kier alpha value is -0.770. The number of ether oxygens (including phenoxy) is 1. The molecular formula is C14H23NO3. The molecule has 1 heterocycles. The topological polar surface area (TPSA) is 49.8 Å². The molecule has 0 aromatic carbocycles. The summed E-state index contributed by atoms with van der Waals surface area (Å²) in [4.78, 5) is 13.7. The zero-order valence-corrected chi connectivity index (χ0v) is 11.4. The highest BCUT2D eigenvalue weighted by molar-refractivity contribution is 5.69. The summed E-state index contributed by atoms with van der Waals surface area (Å²) in [5.41, 5.74) is -0.420. The van der Waals surface area contributed by atoms with Crippen LogP contribution in [-0.2, 0) is 4.74 Å². The smallest absolute Gasteiger partial charge is 0.410 e. The van der Waals surface area contributed by atoms with Crippen LogP contribution in [0.3, 0.4) is 0 Å². The van der Waals surface area contributed by atoms with Crippen molar-refractivity contribution in [2.24, 2.45) is 23.7 Å². The molecular weight excluding hydrogens is 230 g/mol. The molecule has 1 amide bonds. The summed E-state index contributed by atoms with van der Waals surface area (Å²) in [6, 6.07) is 0. The first-order valence-corrected chi connectivity index (χ1v) is 7.03. The minimum absolute atomic E-state index is 0.110. The van der Waals surface area contributed by atoms with Gasteiger partial charge < -0.3 is 14.7 Å². The molecule has 1 N–H and O–H groups in total. The normalized spacial score (nSPS) is 36.2. The van der Waals surface area contributed by atoms with Gasteiger partial charge in [0.05, 0.1) is 6.10 Å². The fraction of sp³-hybridized carbons (Fsp3) is 0.929. The summed E-state index contributed by atoms with van der Waals surface area (Å²) < 4.78 is 5.37. The largest absolute Gasteiger partial charge is 0.444 e. The number of carbonyl (C=O) groups is 1. The third-order valence-corrected chi connectivity index (χ3v) is 4.41. The van der Waals surface area contributed by atoms with Gasteiger partial charge in [-0.05, 0) is 57.3 Å². The van der Waals surface area contributed by atoms with Gasteiger partial charge in [0.2, 0.25) is 0 Å². The standard InChI is InChI=1S/C14H23NO3/c1-14(2,3)18-13(17)15-6-9-10(7-15)11(9)12(16)8-4-5-8/h8-12,16H,4-7H2,1-3H3/t9-,10+,11?,12?. The summed E-state index contributed by atoms with van der Waals surface area (Å²) in [6.45, 7) is 7.21. The highest BCUT2D eigenvalue weighted by Crippen LogP contribution is 2.57. The monoisotopic (exact) mass is 253 g/mol. The summed E-state index contributed by atoms with van der Waals surface area (Å²) in [5.74, 6) is 2.05. The Kier molecular flexibility index (Phi) is 2.63. The van der Waals surface area contributed by atoms with Crippen LogP contribution in [0.4, 0.5) is 4.79 Å². The highest BCUT2D eigenvalue weighted by atomic mass is 16.6. The summed E-state index contributed by atoms with van der Waals surface area (Å²) in [6.07, 6.45) is 2.06. The van der Waals surface area contributed by atoms with Crippen LogP contribution in [0, 0.1) is 23.7 Å². The van der Waals surface area contributed by atoms with E-state index in [0.29, 0.717) is 23.7 Å². The minimum atomic E-state index is -0.420. The van der Waals surface area contributed by atoms with Crippen LogP contribution in [0.15, 0.2) is 0 Å². The van der Waals surface area contributed by atoms with E-state index in [2.05, 4.69) is 0 Å². The number of aliphatic hydroxyl groups is 1. The van der Waals surface area contributed by atoms with E-state index >= 15 is 0 Å². The second-order valence-corrected chi connectivity index (χ2v) is 7.12. The third kappa shape index (κ3) is 2.22. The third-order valence-electron chi connectivity index (χ3n) is 4.41. The molecule has 0 aromatic heterocycles. The lowest BCUT2D eigenvalue weighted by Crippen LogP contribution is -2.38. The van der Waals surface area contributed by atoms with Gasteiger partial charge in [0.25, 0.3) is 0 Å². The first-order valence-electron chi connectivity index (χ1n) is 7.03. The SMILES string of the molecule is CC(C)(C)OC(=O)N1C[C@@H]2C(C(O)C3CC3)[C@@H]2C1. The van der Waals surface area contributed by atoms with Gasteiger partial charge in [-0.15, -0.1) is 0 Å². The molecule has 102 valence electrons. The Morgan fingerprint density at radius 1 is 1.28 bits per heavy atom. The number of amides is 1. The van der Waals surface area contributed by atoms with E-state index in [0.717, 1.165) is 13.1 Å². The number of nitrogens with zero attached hydrogens (tertiary/aromatic N) is 1. The zero-order chi connectivity index (χ0) is 13.1. The van der Waals surface area contributed by atoms with Crippen LogP contribution in [0.25, 0.3) is 0 Å². The Bertz CT molecular complexity index is 347. The van der Waals surface area contributed by atoms with Crippen LogP contribution in [0.2, 0.25) is 0 Å².